The van der Waals surface area contributed by atoms with Crippen molar-refractivity contribution >= 4 is 0 Å². The monoisotopic (exact) mass is 233 g/mol. The first-order valence-corrected chi connectivity index (χ1v) is 6.55. The third-order valence-electron chi connectivity index (χ3n) is 3.37. The number of hydrogen-bond donors (Lipinski definition) is 1. The highest BCUT2D eigenvalue weighted by atomic mass is 15.1. The van der Waals surface area contributed by atoms with Crippen molar-refractivity contribution in [1.29, 1.82) is 0 Å². The Hall–Kier alpha value is -0.930. The Bertz CT molecular complexity index is 328. The van der Waals surface area contributed by atoms with Gasteiger partial charge in [-0.3, -0.25) is 4.98 Å². The van der Waals surface area contributed by atoms with Gasteiger partial charge in [-0.15, -0.1) is 0 Å². The molecule has 1 aliphatic rings. The van der Waals surface area contributed by atoms with Gasteiger partial charge >= 0.3 is 0 Å². The number of pyridine rings is 1. The summed E-state index contributed by atoms with van der Waals surface area (Å²) in [6.45, 7) is 6.57. The van der Waals surface area contributed by atoms with E-state index in [1.807, 2.05) is 6.20 Å². The summed E-state index contributed by atoms with van der Waals surface area (Å²) in [6, 6.07) is 4.27. The molecule has 2 heterocycles. The minimum atomic E-state index is 0.805. The van der Waals surface area contributed by atoms with Gasteiger partial charge in [-0.05, 0) is 57.5 Å². The molecule has 0 aliphatic carbocycles. The maximum Gasteiger partial charge on any atom is 0.0544 e. The molecule has 1 atom stereocenters. The van der Waals surface area contributed by atoms with Gasteiger partial charge in [0.15, 0.2) is 0 Å². The molecular formula is C14H23N3. The van der Waals surface area contributed by atoms with Crippen molar-refractivity contribution in [3.8, 4) is 0 Å². The predicted octanol–water partition coefficient (Wildman–Crippen LogP) is 1.82. The van der Waals surface area contributed by atoms with E-state index in [2.05, 4.69) is 41.3 Å². The molecule has 17 heavy (non-hydrogen) atoms. The molecule has 2 rings (SSSR count). The minimum Gasteiger partial charge on any atom is -0.316 e. The standard InChI is InChI=1S/C14H23N3/c1-12-5-6-14(16-8-12)11-17(2)10-13-4-3-7-15-9-13/h5-6,8,13,15H,3-4,7,9-11H2,1-2H3. The van der Waals surface area contributed by atoms with Crippen LogP contribution in [0.25, 0.3) is 0 Å². The van der Waals surface area contributed by atoms with Crippen LogP contribution in [0.15, 0.2) is 18.3 Å². The molecule has 1 aromatic rings. The number of piperidine rings is 1. The second-order valence-corrected chi connectivity index (χ2v) is 5.24. The van der Waals surface area contributed by atoms with Gasteiger partial charge in [0.25, 0.3) is 0 Å². The van der Waals surface area contributed by atoms with E-state index >= 15 is 0 Å². The van der Waals surface area contributed by atoms with Crippen LogP contribution in [0, 0.1) is 12.8 Å². The van der Waals surface area contributed by atoms with Crippen LogP contribution < -0.4 is 5.32 Å². The van der Waals surface area contributed by atoms with Gasteiger partial charge in [-0.2, -0.15) is 0 Å². The zero-order chi connectivity index (χ0) is 12.1. The molecule has 1 aliphatic heterocycles. The van der Waals surface area contributed by atoms with Gasteiger partial charge in [0.1, 0.15) is 0 Å². The maximum atomic E-state index is 4.45. The summed E-state index contributed by atoms with van der Waals surface area (Å²) in [4.78, 5) is 6.84. The van der Waals surface area contributed by atoms with Crippen LogP contribution >= 0.6 is 0 Å². The molecular weight excluding hydrogens is 210 g/mol. The number of nitrogens with one attached hydrogen (secondary N) is 1. The van der Waals surface area contributed by atoms with Crippen molar-refractivity contribution in [1.82, 2.24) is 15.2 Å². The second kappa shape index (κ2) is 6.12. The molecule has 0 saturated carbocycles. The number of rotatable bonds is 4. The fraction of sp³-hybridized carbons (Fsp3) is 0.643. The topological polar surface area (TPSA) is 28.2 Å². The number of aromatic nitrogens is 1. The van der Waals surface area contributed by atoms with E-state index in [1.54, 1.807) is 0 Å². The number of nitrogens with zero attached hydrogens (tertiary/aromatic N) is 2. The van der Waals surface area contributed by atoms with Gasteiger partial charge in [-0.25, -0.2) is 0 Å². The third kappa shape index (κ3) is 4.10. The lowest BCUT2D eigenvalue weighted by Gasteiger charge is -2.27. The van der Waals surface area contributed by atoms with Gasteiger partial charge in [-0.1, -0.05) is 6.07 Å². The fourth-order valence-electron chi connectivity index (χ4n) is 2.45. The van der Waals surface area contributed by atoms with E-state index in [4.69, 9.17) is 0 Å². The van der Waals surface area contributed by atoms with E-state index < -0.39 is 0 Å². The van der Waals surface area contributed by atoms with Gasteiger partial charge in [0, 0.05) is 19.3 Å². The van der Waals surface area contributed by atoms with Gasteiger partial charge in [0.2, 0.25) is 0 Å². The molecule has 1 fully saturated rings. The molecule has 1 unspecified atom stereocenters. The van der Waals surface area contributed by atoms with Crippen LogP contribution in [-0.4, -0.2) is 36.6 Å². The van der Waals surface area contributed by atoms with Crippen LogP contribution in [0.1, 0.15) is 24.1 Å². The highest BCUT2D eigenvalue weighted by molar-refractivity contribution is 5.11. The molecule has 1 N–H and O–H groups in total. The molecule has 0 amide bonds. The summed E-state index contributed by atoms with van der Waals surface area (Å²) in [7, 11) is 2.19. The Morgan fingerprint density at radius 1 is 1.47 bits per heavy atom. The Labute approximate surface area is 104 Å². The quantitative estimate of drug-likeness (QED) is 0.860. The van der Waals surface area contributed by atoms with Crippen molar-refractivity contribution < 1.29 is 0 Å². The van der Waals surface area contributed by atoms with Crippen LogP contribution in [-0.2, 0) is 6.54 Å². The SMILES string of the molecule is Cc1ccc(CN(C)CC2CCCNC2)nc1. The summed E-state index contributed by atoms with van der Waals surface area (Å²) < 4.78 is 0. The van der Waals surface area contributed by atoms with Crippen LogP contribution in [0.2, 0.25) is 0 Å². The number of hydrogen-bond acceptors (Lipinski definition) is 3. The molecule has 3 heteroatoms. The normalized spacial score (nSPS) is 20.8. The van der Waals surface area contributed by atoms with Crippen LogP contribution in [0.5, 0.6) is 0 Å². The van der Waals surface area contributed by atoms with E-state index in [0.29, 0.717) is 0 Å². The molecule has 0 spiro atoms. The molecule has 1 saturated heterocycles. The Morgan fingerprint density at radius 3 is 3.00 bits per heavy atom. The van der Waals surface area contributed by atoms with E-state index in [1.165, 1.54) is 43.7 Å². The summed E-state index contributed by atoms with van der Waals surface area (Å²) >= 11 is 0. The smallest absolute Gasteiger partial charge is 0.0544 e. The summed E-state index contributed by atoms with van der Waals surface area (Å²) in [6.07, 6.45) is 4.63. The molecule has 1 aromatic heterocycles. The average Bonchev–Trinajstić information content (AvgIpc) is 2.33. The van der Waals surface area contributed by atoms with Gasteiger partial charge < -0.3 is 10.2 Å². The highest BCUT2D eigenvalue weighted by Gasteiger charge is 2.15. The first-order chi connectivity index (χ1) is 8.24. The molecule has 0 radical (unpaired) electrons. The molecule has 0 aromatic carbocycles. The first-order valence-electron chi connectivity index (χ1n) is 6.55. The number of aryl methyl sites for hydroxylation is 1. The maximum absolute atomic E-state index is 4.45. The lowest BCUT2D eigenvalue weighted by Crippen LogP contribution is -2.36. The third-order valence-corrected chi connectivity index (χ3v) is 3.37. The van der Waals surface area contributed by atoms with E-state index in [-0.39, 0.29) is 0 Å². The van der Waals surface area contributed by atoms with Crippen molar-refractivity contribution in [2.45, 2.75) is 26.3 Å². The van der Waals surface area contributed by atoms with Crippen molar-refractivity contribution in [3.05, 3.63) is 29.6 Å². The molecule has 3 nitrogen and oxygen atoms in total. The van der Waals surface area contributed by atoms with Crippen molar-refractivity contribution in [3.63, 3.8) is 0 Å². The molecule has 94 valence electrons. The summed E-state index contributed by atoms with van der Waals surface area (Å²) in [5.74, 6) is 0.805. The Kier molecular flexibility index (Phi) is 4.51. The zero-order valence-corrected chi connectivity index (χ0v) is 10.9. The van der Waals surface area contributed by atoms with E-state index in [9.17, 15) is 0 Å². The predicted molar refractivity (Wildman–Crippen MR) is 70.9 cm³/mol. The minimum absolute atomic E-state index is 0.805. The lowest BCUT2D eigenvalue weighted by atomic mass is 9.99. The Balaban J connectivity index is 1.79. The largest absolute Gasteiger partial charge is 0.316 e. The summed E-state index contributed by atoms with van der Waals surface area (Å²) in [5, 5.41) is 3.47. The summed E-state index contributed by atoms with van der Waals surface area (Å²) in [5.41, 5.74) is 2.40. The van der Waals surface area contributed by atoms with Crippen LogP contribution in [0.3, 0.4) is 0 Å². The Morgan fingerprint density at radius 2 is 2.35 bits per heavy atom. The fourth-order valence-corrected chi connectivity index (χ4v) is 2.45. The second-order valence-electron chi connectivity index (χ2n) is 5.24. The first kappa shape index (κ1) is 12.5. The van der Waals surface area contributed by atoms with E-state index in [0.717, 1.165) is 12.5 Å². The van der Waals surface area contributed by atoms with Crippen molar-refractivity contribution in [2.24, 2.45) is 5.92 Å². The zero-order valence-electron chi connectivity index (χ0n) is 10.9. The lowest BCUT2D eigenvalue weighted by molar-refractivity contribution is 0.235. The van der Waals surface area contributed by atoms with Crippen molar-refractivity contribution in [2.75, 3.05) is 26.7 Å². The molecule has 0 bridgehead atoms. The van der Waals surface area contributed by atoms with Crippen LogP contribution in [0.4, 0.5) is 0 Å². The highest BCUT2D eigenvalue weighted by Crippen LogP contribution is 2.12. The average molecular weight is 233 g/mol. The van der Waals surface area contributed by atoms with Gasteiger partial charge in [0.05, 0.1) is 5.69 Å².